The normalized spacial score (nSPS) is 18.4. The molecule has 1 aliphatic carbocycles. The Morgan fingerprint density at radius 2 is 1.88 bits per heavy atom. The number of hydrogen-bond donors (Lipinski definition) is 1. The molecule has 0 unspecified atom stereocenters. The summed E-state index contributed by atoms with van der Waals surface area (Å²) in [4.78, 5) is 26.5. The van der Waals surface area contributed by atoms with Crippen LogP contribution < -0.4 is 10.9 Å². The lowest BCUT2D eigenvalue weighted by molar-refractivity contribution is -0.123. The molecule has 4 aromatic rings. The van der Waals surface area contributed by atoms with Crippen LogP contribution in [-0.2, 0) is 17.9 Å². The van der Waals surface area contributed by atoms with E-state index in [-0.39, 0.29) is 24.1 Å². The van der Waals surface area contributed by atoms with Crippen molar-refractivity contribution in [3.05, 3.63) is 75.7 Å². The van der Waals surface area contributed by atoms with Crippen LogP contribution in [-0.4, -0.2) is 26.3 Å². The molecule has 2 aromatic carbocycles. The predicted molar refractivity (Wildman–Crippen MR) is 136 cm³/mol. The molecule has 1 aliphatic rings. The number of para-hydroxylation sites is 1. The molecule has 1 amide bonds. The van der Waals surface area contributed by atoms with Gasteiger partial charge in [0.25, 0.3) is 5.56 Å². The van der Waals surface area contributed by atoms with Gasteiger partial charge in [0.15, 0.2) is 0 Å². The van der Waals surface area contributed by atoms with Gasteiger partial charge in [-0.3, -0.25) is 9.59 Å². The molecular formula is C28H32N4O2. The Morgan fingerprint density at radius 1 is 1.09 bits per heavy atom. The number of aryl methyl sites for hydroxylation is 2. The minimum Gasteiger partial charge on any atom is -0.351 e. The van der Waals surface area contributed by atoms with Gasteiger partial charge in [0.1, 0.15) is 12.1 Å². The molecule has 1 saturated carbocycles. The number of fused-ring (bicyclic) bond motifs is 3. The molecule has 1 fully saturated rings. The summed E-state index contributed by atoms with van der Waals surface area (Å²) in [5.41, 5.74) is 4.91. The molecule has 6 nitrogen and oxygen atoms in total. The van der Waals surface area contributed by atoms with Crippen molar-refractivity contribution in [3.8, 4) is 0 Å². The molecule has 5 rings (SSSR count). The second kappa shape index (κ2) is 9.09. The maximum absolute atomic E-state index is 13.7. The second-order valence-electron chi connectivity index (χ2n) is 9.84. The van der Waals surface area contributed by atoms with E-state index < -0.39 is 0 Å². The highest BCUT2D eigenvalue weighted by molar-refractivity contribution is 6.07. The van der Waals surface area contributed by atoms with Crippen molar-refractivity contribution in [2.24, 2.45) is 5.92 Å². The highest BCUT2D eigenvalue weighted by Crippen LogP contribution is 2.28. The lowest BCUT2D eigenvalue weighted by atomic mass is 9.86. The smallest absolute Gasteiger partial charge is 0.291 e. The largest absolute Gasteiger partial charge is 0.351 e. The van der Waals surface area contributed by atoms with Crippen LogP contribution >= 0.6 is 0 Å². The standard InChI is InChI=1S/C28H32N4O2/c1-18-12-13-19(2)21(14-18)16-31-25-11-7-5-9-22(25)23-15-29-32(28(34)27(23)31)17-26(33)30-24-10-6-4-8-20(24)3/h5,7,9,11-15,20,24H,4,6,8,10,16-17H2,1-3H3,(H,30,33)/t20-,24-/m1/s1. The van der Waals surface area contributed by atoms with Crippen LogP contribution in [0.15, 0.2) is 53.5 Å². The van der Waals surface area contributed by atoms with Gasteiger partial charge in [0.05, 0.1) is 6.20 Å². The fourth-order valence-corrected chi connectivity index (χ4v) is 5.33. The van der Waals surface area contributed by atoms with E-state index in [9.17, 15) is 9.59 Å². The Labute approximate surface area is 199 Å². The Morgan fingerprint density at radius 3 is 2.71 bits per heavy atom. The molecule has 0 spiro atoms. The third-order valence-electron chi connectivity index (χ3n) is 7.36. The van der Waals surface area contributed by atoms with E-state index in [0.29, 0.717) is 18.0 Å². The fourth-order valence-electron chi connectivity index (χ4n) is 5.33. The summed E-state index contributed by atoms with van der Waals surface area (Å²) >= 11 is 0. The van der Waals surface area contributed by atoms with Crippen molar-refractivity contribution in [2.75, 3.05) is 0 Å². The number of nitrogens with zero attached hydrogens (tertiary/aromatic N) is 3. The third kappa shape index (κ3) is 4.13. The maximum Gasteiger partial charge on any atom is 0.291 e. The first-order chi connectivity index (χ1) is 16.4. The van der Waals surface area contributed by atoms with Crippen molar-refractivity contribution >= 4 is 27.7 Å². The van der Waals surface area contributed by atoms with Crippen LogP contribution in [0.1, 0.15) is 49.3 Å². The number of carbonyl (C=O) groups is 1. The Bertz CT molecular complexity index is 1430. The van der Waals surface area contributed by atoms with Gasteiger partial charge in [-0.1, -0.05) is 61.7 Å². The van der Waals surface area contributed by atoms with Gasteiger partial charge in [-0.2, -0.15) is 5.10 Å². The topological polar surface area (TPSA) is 68.9 Å². The van der Waals surface area contributed by atoms with Crippen LogP contribution in [0.2, 0.25) is 0 Å². The van der Waals surface area contributed by atoms with E-state index in [0.717, 1.165) is 35.6 Å². The summed E-state index contributed by atoms with van der Waals surface area (Å²) in [5.74, 6) is 0.315. The number of amides is 1. The number of aromatic nitrogens is 3. The quantitative estimate of drug-likeness (QED) is 0.473. The third-order valence-corrected chi connectivity index (χ3v) is 7.36. The molecule has 2 aromatic heterocycles. The molecule has 0 saturated heterocycles. The first kappa shape index (κ1) is 22.4. The van der Waals surface area contributed by atoms with E-state index in [1.807, 2.05) is 24.3 Å². The molecule has 2 atom stereocenters. The predicted octanol–water partition coefficient (Wildman–Crippen LogP) is 4.71. The first-order valence-corrected chi connectivity index (χ1v) is 12.2. The molecule has 0 radical (unpaired) electrons. The lowest BCUT2D eigenvalue weighted by Gasteiger charge is -2.29. The van der Waals surface area contributed by atoms with Gasteiger partial charge in [0.2, 0.25) is 5.91 Å². The van der Waals surface area contributed by atoms with Crippen LogP contribution in [0.4, 0.5) is 0 Å². The first-order valence-electron chi connectivity index (χ1n) is 12.2. The van der Waals surface area contributed by atoms with E-state index >= 15 is 0 Å². The summed E-state index contributed by atoms with van der Waals surface area (Å²) in [7, 11) is 0. The number of carbonyl (C=O) groups excluding carboxylic acids is 1. The monoisotopic (exact) mass is 456 g/mol. The Hall–Kier alpha value is -3.41. The zero-order valence-electron chi connectivity index (χ0n) is 20.2. The van der Waals surface area contributed by atoms with Gasteiger partial charge in [-0.25, -0.2) is 4.68 Å². The zero-order valence-corrected chi connectivity index (χ0v) is 20.2. The summed E-state index contributed by atoms with van der Waals surface area (Å²) in [5, 5.41) is 9.36. The van der Waals surface area contributed by atoms with Gasteiger partial charge in [-0.05, 0) is 49.8 Å². The Kier molecular flexibility index (Phi) is 5.98. The number of nitrogens with one attached hydrogen (secondary N) is 1. The molecule has 6 heteroatoms. The Balaban J connectivity index is 1.55. The number of benzene rings is 2. The van der Waals surface area contributed by atoms with Crippen molar-refractivity contribution in [1.29, 1.82) is 0 Å². The average molecular weight is 457 g/mol. The van der Waals surface area contributed by atoms with Crippen molar-refractivity contribution < 1.29 is 4.79 Å². The summed E-state index contributed by atoms with van der Waals surface area (Å²) in [6.45, 7) is 6.88. The molecule has 176 valence electrons. The van der Waals surface area contributed by atoms with E-state index in [4.69, 9.17) is 0 Å². The van der Waals surface area contributed by atoms with E-state index in [2.05, 4.69) is 54.0 Å². The van der Waals surface area contributed by atoms with Gasteiger partial charge in [0, 0.05) is 28.9 Å². The van der Waals surface area contributed by atoms with Gasteiger partial charge < -0.3 is 9.88 Å². The molecular weight excluding hydrogens is 424 g/mol. The van der Waals surface area contributed by atoms with Crippen molar-refractivity contribution in [3.63, 3.8) is 0 Å². The molecule has 1 N–H and O–H groups in total. The fraction of sp³-hybridized carbons (Fsp3) is 0.393. The highest BCUT2D eigenvalue weighted by atomic mass is 16.2. The van der Waals surface area contributed by atoms with Crippen molar-refractivity contribution in [1.82, 2.24) is 19.7 Å². The van der Waals surface area contributed by atoms with Gasteiger partial charge >= 0.3 is 0 Å². The van der Waals surface area contributed by atoms with E-state index in [1.54, 1.807) is 6.20 Å². The van der Waals surface area contributed by atoms with E-state index in [1.165, 1.54) is 27.8 Å². The SMILES string of the molecule is Cc1ccc(C)c(Cn2c3ccccc3c3cnn(CC(=O)N[C@@H]4CCCC[C@H]4C)c(=O)c32)c1. The van der Waals surface area contributed by atoms with Crippen molar-refractivity contribution in [2.45, 2.75) is 65.6 Å². The van der Waals surface area contributed by atoms with Crippen LogP contribution in [0, 0.1) is 19.8 Å². The lowest BCUT2D eigenvalue weighted by Crippen LogP contribution is -2.43. The van der Waals surface area contributed by atoms with Gasteiger partial charge in [-0.15, -0.1) is 0 Å². The minimum atomic E-state index is -0.231. The molecule has 0 aliphatic heterocycles. The summed E-state index contributed by atoms with van der Waals surface area (Å²) in [6, 6.07) is 14.6. The minimum absolute atomic E-state index is 0.0665. The average Bonchev–Trinajstić information content (AvgIpc) is 3.14. The molecule has 0 bridgehead atoms. The number of rotatable bonds is 5. The molecule has 34 heavy (non-hydrogen) atoms. The van der Waals surface area contributed by atoms with Crippen LogP contribution in [0.5, 0.6) is 0 Å². The summed E-state index contributed by atoms with van der Waals surface area (Å²) < 4.78 is 3.39. The van der Waals surface area contributed by atoms with Crippen LogP contribution in [0.3, 0.4) is 0 Å². The maximum atomic E-state index is 13.7. The van der Waals surface area contributed by atoms with Crippen LogP contribution in [0.25, 0.3) is 21.8 Å². The highest BCUT2D eigenvalue weighted by Gasteiger charge is 2.24. The second-order valence-corrected chi connectivity index (χ2v) is 9.84. The molecule has 2 heterocycles. The zero-order chi connectivity index (χ0) is 23.8. The number of hydrogen-bond acceptors (Lipinski definition) is 3. The summed E-state index contributed by atoms with van der Waals surface area (Å²) in [6.07, 6.45) is 6.22.